The van der Waals surface area contributed by atoms with Gasteiger partial charge in [-0.2, -0.15) is 16.7 Å². The van der Waals surface area contributed by atoms with Crippen LogP contribution < -0.4 is 10.6 Å². The molecule has 0 saturated carbocycles. The van der Waals surface area contributed by atoms with E-state index in [9.17, 15) is 0 Å². The van der Waals surface area contributed by atoms with Crippen molar-refractivity contribution in [3.63, 3.8) is 0 Å². The Bertz CT molecular complexity index is 386. The van der Waals surface area contributed by atoms with Gasteiger partial charge in [-0.3, -0.25) is 0 Å². The van der Waals surface area contributed by atoms with Crippen molar-refractivity contribution in [1.82, 2.24) is 20.8 Å². The Morgan fingerprint density at radius 1 is 1.35 bits per heavy atom. The normalized spacial score (nSPS) is 11.1. The molecule has 1 aromatic rings. The van der Waals surface area contributed by atoms with E-state index in [0.29, 0.717) is 18.3 Å². The molecule has 0 aliphatic carbocycles. The molecule has 0 amide bonds. The van der Waals surface area contributed by atoms with E-state index in [2.05, 4.69) is 32.0 Å². The van der Waals surface area contributed by atoms with Crippen LogP contribution in [0.4, 0.5) is 0 Å². The zero-order chi connectivity index (χ0) is 13.9. The molecular weight excluding hydrogens is 389 g/mol. The molecule has 2 N–H and O–H groups in total. The second kappa shape index (κ2) is 12.2. The second-order valence-corrected chi connectivity index (χ2v) is 5.04. The van der Waals surface area contributed by atoms with Gasteiger partial charge in [-0.05, 0) is 31.8 Å². The smallest absolute Gasteiger partial charge is 0.223 e. The molecule has 0 aliphatic heterocycles. The van der Waals surface area contributed by atoms with Gasteiger partial charge in [0.05, 0.1) is 0 Å². The van der Waals surface area contributed by atoms with Gasteiger partial charge in [0.25, 0.3) is 0 Å². The average Bonchev–Trinajstić information content (AvgIpc) is 2.81. The predicted octanol–water partition coefficient (Wildman–Crippen LogP) is 2.19. The van der Waals surface area contributed by atoms with E-state index in [1.807, 2.05) is 18.7 Å². The Kier molecular flexibility index (Phi) is 11.9. The number of hydrogen-bond acceptors (Lipinski definition) is 5. The lowest BCUT2D eigenvalue weighted by Crippen LogP contribution is -2.37. The zero-order valence-electron chi connectivity index (χ0n) is 12.3. The van der Waals surface area contributed by atoms with Crippen LogP contribution in [0.15, 0.2) is 9.52 Å². The number of unbranched alkanes of at least 4 members (excludes halogenated alkanes) is 1. The molecule has 0 radical (unpaired) electrons. The van der Waals surface area contributed by atoms with Crippen LogP contribution in [0.5, 0.6) is 0 Å². The topological polar surface area (TPSA) is 75.3 Å². The van der Waals surface area contributed by atoms with E-state index in [0.717, 1.165) is 25.5 Å². The fourth-order valence-corrected chi connectivity index (χ4v) is 1.97. The number of rotatable bonds is 8. The number of hydrogen-bond donors (Lipinski definition) is 2. The summed E-state index contributed by atoms with van der Waals surface area (Å²) in [7, 11) is 0. The van der Waals surface area contributed by atoms with Crippen molar-refractivity contribution in [2.45, 2.75) is 33.2 Å². The SMILES string of the molecule is CCNC(=NCc1noc(C)n1)NCCCCSC.I. The van der Waals surface area contributed by atoms with Crippen LogP contribution in [0.2, 0.25) is 0 Å². The summed E-state index contributed by atoms with van der Waals surface area (Å²) < 4.78 is 4.91. The van der Waals surface area contributed by atoms with Gasteiger partial charge in [-0.15, -0.1) is 24.0 Å². The maximum Gasteiger partial charge on any atom is 0.223 e. The monoisotopic (exact) mass is 413 g/mol. The van der Waals surface area contributed by atoms with Crippen LogP contribution >= 0.6 is 35.7 Å². The number of aliphatic imine (C=N–C) groups is 1. The molecular formula is C12H24IN5OS. The first-order chi connectivity index (χ1) is 9.26. The third-order valence-electron chi connectivity index (χ3n) is 2.36. The highest BCUT2D eigenvalue weighted by Crippen LogP contribution is 1.98. The van der Waals surface area contributed by atoms with E-state index < -0.39 is 0 Å². The van der Waals surface area contributed by atoms with E-state index in [4.69, 9.17) is 4.52 Å². The van der Waals surface area contributed by atoms with E-state index in [1.165, 1.54) is 12.2 Å². The second-order valence-electron chi connectivity index (χ2n) is 4.05. The van der Waals surface area contributed by atoms with Gasteiger partial charge in [0.2, 0.25) is 5.89 Å². The lowest BCUT2D eigenvalue weighted by Gasteiger charge is -2.10. The lowest BCUT2D eigenvalue weighted by atomic mass is 10.3. The number of halogens is 1. The van der Waals surface area contributed by atoms with Gasteiger partial charge in [0, 0.05) is 20.0 Å². The molecule has 0 atom stereocenters. The molecule has 0 bridgehead atoms. The number of aryl methyl sites for hydroxylation is 1. The summed E-state index contributed by atoms with van der Waals surface area (Å²) in [5.74, 6) is 3.18. The molecule has 1 heterocycles. The minimum atomic E-state index is 0. The summed E-state index contributed by atoms with van der Waals surface area (Å²) >= 11 is 1.88. The zero-order valence-corrected chi connectivity index (χ0v) is 15.5. The number of thioether (sulfide) groups is 1. The number of nitrogens with zero attached hydrogens (tertiary/aromatic N) is 3. The van der Waals surface area contributed by atoms with Crippen molar-refractivity contribution in [2.24, 2.45) is 4.99 Å². The van der Waals surface area contributed by atoms with Gasteiger partial charge in [-0.1, -0.05) is 5.16 Å². The van der Waals surface area contributed by atoms with E-state index >= 15 is 0 Å². The minimum absolute atomic E-state index is 0. The molecule has 0 aliphatic rings. The maximum absolute atomic E-state index is 4.91. The molecule has 6 nitrogen and oxygen atoms in total. The molecule has 1 rings (SSSR count). The van der Waals surface area contributed by atoms with Gasteiger partial charge in [-0.25, -0.2) is 4.99 Å². The van der Waals surface area contributed by atoms with Crippen LogP contribution in [0.25, 0.3) is 0 Å². The summed E-state index contributed by atoms with van der Waals surface area (Å²) in [6.45, 7) is 6.01. The fourth-order valence-electron chi connectivity index (χ4n) is 1.48. The number of aromatic nitrogens is 2. The van der Waals surface area contributed by atoms with Crippen molar-refractivity contribution in [3.8, 4) is 0 Å². The Balaban J connectivity index is 0.00000361. The minimum Gasteiger partial charge on any atom is -0.357 e. The summed E-state index contributed by atoms with van der Waals surface area (Å²) in [6.07, 6.45) is 4.50. The van der Waals surface area contributed by atoms with Crippen LogP contribution in [-0.2, 0) is 6.54 Å². The molecule has 8 heteroatoms. The largest absolute Gasteiger partial charge is 0.357 e. The van der Waals surface area contributed by atoms with Crippen LogP contribution in [-0.4, -0.2) is 41.2 Å². The first kappa shape index (κ1) is 19.5. The highest BCUT2D eigenvalue weighted by molar-refractivity contribution is 14.0. The highest BCUT2D eigenvalue weighted by Gasteiger charge is 2.02. The average molecular weight is 413 g/mol. The van der Waals surface area contributed by atoms with Gasteiger partial charge in [0.1, 0.15) is 6.54 Å². The van der Waals surface area contributed by atoms with Crippen molar-refractivity contribution >= 4 is 41.7 Å². The predicted molar refractivity (Wildman–Crippen MR) is 94.9 cm³/mol. The van der Waals surface area contributed by atoms with Crippen molar-refractivity contribution in [1.29, 1.82) is 0 Å². The molecule has 0 unspecified atom stereocenters. The van der Waals surface area contributed by atoms with Gasteiger partial charge >= 0.3 is 0 Å². The van der Waals surface area contributed by atoms with Crippen LogP contribution in [0, 0.1) is 6.92 Å². The summed E-state index contributed by atoms with van der Waals surface area (Å²) in [5.41, 5.74) is 0. The van der Waals surface area contributed by atoms with Crippen molar-refractivity contribution in [2.75, 3.05) is 25.1 Å². The molecule has 0 fully saturated rings. The summed E-state index contributed by atoms with van der Waals surface area (Å²) in [6, 6.07) is 0. The molecule has 0 spiro atoms. The maximum atomic E-state index is 4.91. The number of nitrogens with one attached hydrogen (secondary N) is 2. The van der Waals surface area contributed by atoms with Crippen molar-refractivity contribution < 1.29 is 4.52 Å². The molecule has 0 saturated heterocycles. The first-order valence-electron chi connectivity index (χ1n) is 6.56. The third-order valence-corrected chi connectivity index (χ3v) is 3.06. The fraction of sp³-hybridized carbons (Fsp3) is 0.750. The Morgan fingerprint density at radius 2 is 2.15 bits per heavy atom. The van der Waals surface area contributed by atoms with Gasteiger partial charge in [0.15, 0.2) is 11.8 Å². The van der Waals surface area contributed by atoms with E-state index in [1.54, 1.807) is 6.92 Å². The molecule has 1 aromatic heterocycles. The van der Waals surface area contributed by atoms with Gasteiger partial charge < -0.3 is 15.2 Å². The van der Waals surface area contributed by atoms with Crippen LogP contribution in [0.1, 0.15) is 31.5 Å². The Hall–Kier alpha value is -0.510. The standard InChI is InChI=1S/C12H23N5OS.HI/c1-4-13-12(14-7-5-6-8-19-3)15-9-11-16-10(2)18-17-11;/h4-9H2,1-3H3,(H2,13,14,15);1H. The lowest BCUT2D eigenvalue weighted by molar-refractivity contribution is 0.387. The number of guanidine groups is 1. The summed E-state index contributed by atoms with van der Waals surface area (Å²) in [4.78, 5) is 8.54. The van der Waals surface area contributed by atoms with Crippen molar-refractivity contribution in [3.05, 3.63) is 11.7 Å². The quantitative estimate of drug-likeness (QED) is 0.295. The third kappa shape index (κ3) is 8.62. The first-order valence-corrected chi connectivity index (χ1v) is 7.96. The van der Waals surface area contributed by atoms with E-state index in [-0.39, 0.29) is 24.0 Å². The molecule has 116 valence electrons. The highest BCUT2D eigenvalue weighted by atomic mass is 127. The van der Waals surface area contributed by atoms with Crippen LogP contribution in [0.3, 0.4) is 0 Å². The Morgan fingerprint density at radius 3 is 2.75 bits per heavy atom. The molecule has 20 heavy (non-hydrogen) atoms. The Labute approximate surface area is 142 Å². The molecule has 0 aromatic carbocycles. The summed E-state index contributed by atoms with van der Waals surface area (Å²) in [5, 5.41) is 10.3.